The first-order chi connectivity index (χ1) is 15.8. The predicted molar refractivity (Wildman–Crippen MR) is 123 cm³/mol. The highest BCUT2D eigenvalue weighted by atomic mass is 32.1. The van der Waals surface area contributed by atoms with Crippen molar-refractivity contribution >= 4 is 22.3 Å². The highest BCUT2D eigenvalue weighted by Gasteiger charge is 2.45. The van der Waals surface area contributed by atoms with E-state index in [2.05, 4.69) is 14.9 Å². The molecule has 0 unspecified atom stereocenters. The van der Waals surface area contributed by atoms with Crippen molar-refractivity contribution < 1.29 is 18.0 Å². The van der Waals surface area contributed by atoms with Gasteiger partial charge in [0.05, 0.1) is 31.4 Å². The smallest absolute Gasteiger partial charge is 0.282 e. The molecular formula is C24H32F2N4O2S. The number of hydrogen-bond acceptors (Lipinski definition) is 7. The number of aromatic nitrogens is 2. The van der Waals surface area contributed by atoms with Crippen LogP contribution in [0.15, 0.2) is 10.6 Å². The number of halogens is 2. The molecule has 0 spiro atoms. The average molecular weight is 479 g/mol. The van der Waals surface area contributed by atoms with Crippen LogP contribution in [-0.4, -0.2) is 52.8 Å². The number of aryl methyl sites for hydroxylation is 1. The number of alkyl halides is 2. The summed E-state index contributed by atoms with van der Waals surface area (Å²) in [5, 5.41) is 0.763. The lowest BCUT2D eigenvalue weighted by Gasteiger charge is -2.38. The summed E-state index contributed by atoms with van der Waals surface area (Å²) in [5.41, 5.74) is 1.08. The molecule has 33 heavy (non-hydrogen) atoms. The molecule has 0 N–H and O–H groups in total. The van der Waals surface area contributed by atoms with E-state index in [-0.39, 0.29) is 18.9 Å². The molecule has 3 aliphatic rings. The number of hydrogen-bond donors (Lipinski definition) is 0. The molecule has 4 heterocycles. The molecule has 9 heteroatoms. The molecule has 0 aromatic carbocycles. The highest BCUT2D eigenvalue weighted by molar-refractivity contribution is 7.15. The fraction of sp³-hybridized carbons (Fsp3) is 0.708. The first kappa shape index (κ1) is 22.9. The first-order valence-corrected chi connectivity index (χ1v) is 12.9. The average Bonchev–Trinajstić information content (AvgIpc) is 3.36. The molecule has 5 rings (SSSR count). The van der Waals surface area contributed by atoms with Gasteiger partial charge in [0, 0.05) is 31.3 Å². The second-order valence-corrected chi connectivity index (χ2v) is 11.1. The Morgan fingerprint density at radius 1 is 1.24 bits per heavy atom. The third-order valence-electron chi connectivity index (χ3n) is 7.29. The summed E-state index contributed by atoms with van der Waals surface area (Å²) in [4.78, 5) is 26.5. The molecule has 2 fully saturated rings. The zero-order chi connectivity index (χ0) is 23.0. The molecule has 180 valence electrons. The molecule has 6 nitrogen and oxygen atoms in total. The van der Waals surface area contributed by atoms with Crippen LogP contribution in [-0.2, 0) is 24.2 Å². The molecular weight excluding hydrogens is 446 g/mol. The van der Waals surface area contributed by atoms with Crippen LogP contribution in [0.3, 0.4) is 0 Å². The normalized spacial score (nSPS) is 25.0. The molecule has 2 aliphatic heterocycles. The summed E-state index contributed by atoms with van der Waals surface area (Å²) in [6.07, 6.45) is 9.47. The van der Waals surface area contributed by atoms with Gasteiger partial charge < -0.3 is 9.32 Å². The Labute approximate surface area is 197 Å². The molecule has 2 aromatic rings. The molecule has 0 atom stereocenters. The summed E-state index contributed by atoms with van der Waals surface area (Å²) >= 11 is 1.59. The van der Waals surface area contributed by atoms with E-state index in [9.17, 15) is 13.6 Å². The van der Waals surface area contributed by atoms with E-state index < -0.39 is 5.92 Å². The van der Waals surface area contributed by atoms with E-state index in [0.29, 0.717) is 30.4 Å². The van der Waals surface area contributed by atoms with Crippen LogP contribution in [0.1, 0.15) is 60.7 Å². The molecule has 0 amide bonds. The number of nitrogens with zero attached hydrogens (tertiary/aromatic N) is 4. The Kier molecular flexibility index (Phi) is 6.53. The number of carbonyl (C=O) groups excluding carboxylic acids is 1. The number of rotatable bonds is 8. The van der Waals surface area contributed by atoms with Crippen molar-refractivity contribution in [2.75, 3.05) is 31.1 Å². The third kappa shape index (κ3) is 5.62. The van der Waals surface area contributed by atoms with Crippen LogP contribution in [0.2, 0.25) is 0 Å². The van der Waals surface area contributed by atoms with E-state index in [1.54, 1.807) is 29.4 Å². The topological polar surface area (TPSA) is 62.5 Å². The second kappa shape index (κ2) is 9.41. The van der Waals surface area contributed by atoms with Gasteiger partial charge in [0.1, 0.15) is 11.5 Å². The van der Waals surface area contributed by atoms with Crippen LogP contribution in [0.25, 0.3) is 0 Å². The lowest BCUT2D eigenvalue weighted by molar-refractivity contribution is -0.119. The van der Waals surface area contributed by atoms with Crippen LogP contribution < -0.4 is 4.90 Å². The maximum Gasteiger partial charge on any atom is 0.282 e. The number of oxazole rings is 1. The van der Waals surface area contributed by atoms with Gasteiger partial charge in [0.25, 0.3) is 5.92 Å². The zero-order valence-electron chi connectivity index (χ0n) is 19.2. The van der Waals surface area contributed by atoms with Crippen LogP contribution in [0, 0.1) is 18.8 Å². The largest absolute Gasteiger partial charge is 0.446 e. The van der Waals surface area contributed by atoms with Gasteiger partial charge in [-0.2, -0.15) is 0 Å². The van der Waals surface area contributed by atoms with Crippen molar-refractivity contribution in [3.05, 3.63) is 28.4 Å². The molecule has 2 aromatic heterocycles. The van der Waals surface area contributed by atoms with Crippen LogP contribution in [0.4, 0.5) is 13.9 Å². The predicted octanol–water partition coefficient (Wildman–Crippen LogP) is 4.65. The fourth-order valence-electron chi connectivity index (χ4n) is 5.38. The Bertz CT molecular complexity index is 975. The Balaban J connectivity index is 1.02. The summed E-state index contributed by atoms with van der Waals surface area (Å²) in [7, 11) is 0. The van der Waals surface area contributed by atoms with Crippen molar-refractivity contribution in [3.8, 4) is 0 Å². The zero-order valence-corrected chi connectivity index (χ0v) is 20.0. The maximum absolute atomic E-state index is 13.2. The maximum atomic E-state index is 13.2. The number of Topliss-reactive ketones (excluding diaryl/α,β-unsaturated/α-hetero) is 1. The SMILES string of the molecule is Cc1ncc(CC(=O)CC2CCC(CCN3CCc4sc(N5CC(F)(F)C5)nc4C3)CC2)o1. The first-order valence-electron chi connectivity index (χ1n) is 12.1. The van der Waals surface area contributed by atoms with E-state index >= 15 is 0 Å². The lowest BCUT2D eigenvalue weighted by atomic mass is 9.78. The number of ketones is 1. The number of thiazole rings is 1. The third-order valence-corrected chi connectivity index (χ3v) is 8.51. The number of anilines is 1. The summed E-state index contributed by atoms with van der Waals surface area (Å²) in [6, 6.07) is 0. The van der Waals surface area contributed by atoms with E-state index in [1.165, 1.54) is 24.1 Å². The molecule has 1 saturated heterocycles. The minimum atomic E-state index is -2.56. The fourth-order valence-corrected chi connectivity index (χ4v) is 6.43. The highest BCUT2D eigenvalue weighted by Crippen LogP contribution is 2.38. The van der Waals surface area contributed by atoms with E-state index in [1.807, 2.05) is 0 Å². The molecule has 1 saturated carbocycles. The van der Waals surface area contributed by atoms with Gasteiger partial charge in [-0.1, -0.05) is 12.8 Å². The molecule has 0 radical (unpaired) electrons. The van der Waals surface area contributed by atoms with E-state index in [4.69, 9.17) is 4.42 Å². The summed E-state index contributed by atoms with van der Waals surface area (Å²) in [6.45, 7) is 4.32. The molecule has 1 aliphatic carbocycles. The Morgan fingerprint density at radius 2 is 2.00 bits per heavy atom. The Hall–Kier alpha value is -1.87. The van der Waals surface area contributed by atoms with Crippen LogP contribution in [0.5, 0.6) is 0 Å². The van der Waals surface area contributed by atoms with Crippen molar-refractivity contribution in [2.24, 2.45) is 11.8 Å². The quantitative estimate of drug-likeness (QED) is 0.550. The summed E-state index contributed by atoms with van der Waals surface area (Å²) < 4.78 is 31.8. The van der Waals surface area contributed by atoms with Crippen molar-refractivity contribution in [1.29, 1.82) is 0 Å². The monoisotopic (exact) mass is 478 g/mol. The van der Waals surface area contributed by atoms with Crippen molar-refractivity contribution in [2.45, 2.75) is 70.8 Å². The van der Waals surface area contributed by atoms with Gasteiger partial charge in [-0.15, -0.1) is 11.3 Å². The minimum Gasteiger partial charge on any atom is -0.446 e. The van der Waals surface area contributed by atoms with Gasteiger partial charge >= 0.3 is 0 Å². The molecule has 0 bridgehead atoms. The van der Waals surface area contributed by atoms with Gasteiger partial charge in [0.2, 0.25) is 0 Å². The Morgan fingerprint density at radius 3 is 2.70 bits per heavy atom. The lowest BCUT2D eigenvalue weighted by Crippen LogP contribution is -2.56. The van der Waals surface area contributed by atoms with Crippen molar-refractivity contribution in [3.63, 3.8) is 0 Å². The van der Waals surface area contributed by atoms with Gasteiger partial charge in [0.15, 0.2) is 11.0 Å². The van der Waals surface area contributed by atoms with E-state index in [0.717, 1.165) is 55.6 Å². The number of fused-ring (bicyclic) bond motifs is 1. The van der Waals surface area contributed by atoms with Crippen LogP contribution >= 0.6 is 11.3 Å². The van der Waals surface area contributed by atoms with Gasteiger partial charge in [-0.25, -0.2) is 18.7 Å². The standard InChI is InChI=1S/C24H32F2N4O2S/c1-16-27-12-20(32-16)11-19(31)10-18-4-2-17(3-5-18)6-8-29-9-7-22-21(13-29)28-23(33-22)30-14-24(25,26)15-30/h12,17-18H,2-11,13-15H2,1H3. The van der Waals surface area contributed by atoms with Crippen molar-refractivity contribution in [1.82, 2.24) is 14.9 Å². The number of carbonyl (C=O) groups is 1. The minimum absolute atomic E-state index is 0.197. The summed E-state index contributed by atoms with van der Waals surface area (Å²) in [5.74, 6) is 0.204. The van der Waals surface area contributed by atoms with Gasteiger partial charge in [-0.05, 0) is 44.1 Å². The second-order valence-electron chi connectivity index (χ2n) is 10.0. The van der Waals surface area contributed by atoms with Gasteiger partial charge in [-0.3, -0.25) is 9.69 Å².